The summed E-state index contributed by atoms with van der Waals surface area (Å²) in [5.74, 6) is 0.634. The third-order valence-corrected chi connectivity index (χ3v) is 3.09. The van der Waals surface area contributed by atoms with Gasteiger partial charge in [0.2, 0.25) is 0 Å². The molecule has 0 aliphatic heterocycles. The van der Waals surface area contributed by atoms with E-state index < -0.39 is 6.04 Å². The Hall–Kier alpha value is -1.59. The number of rotatable bonds is 5. The molecule has 1 aromatic carbocycles. The minimum absolute atomic E-state index is 0.217. The SMILES string of the molecule is CNNC(=O)C(N)Cc1ccc(OC)c(C)c1C. The lowest BCUT2D eigenvalue weighted by atomic mass is 9.97. The zero-order chi connectivity index (χ0) is 13.7. The van der Waals surface area contributed by atoms with Crippen LogP contribution in [0.3, 0.4) is 0 Å². The molecule has 1 atom stereocenters. The van der Waals surface area contributed by atoms with E-state index in [0.717, 1.165) is 22.4 Å². The van der Waals surface area contributed by atoms with Gasteiger partial charge in [0, 0.05) is 7.05 Å². The molecule has 1 amide bonds. The lowest BCUT2D eigenvalue weighted by molar-refractivity contribution is -0.123. The molecule has 1 aromatic rings. The van der Waals surface area contributed by atoms with Gasteiger partial charge in [-0.15, -0.1) is 0 Å². The van der Waals surface area contributed by atoms with Crippen molar-refractivity contribution in [1.29, 1.82) is 0 Å². The molecular weight excluding hydrogens is 230 g/mol. The number of hydrogen-bond acceptors (Lipinski definition) is 4. The van der Waals surface area contributed by atoms with Gasteiger partial charge in [0.15, 0.2) is 0 Å². The minimum Gasteiger partial charge on any atom is -0.496 e. The average Bonchev–Trinajstić information content (AvgIpc) is 2.35. The van der Waals surface area contributed by atoms with Gasteiger partial charge in [0.05, 0.1) is 13.2 Å². The number of amides is 1. The predicted octanol–water partition coefficient (Wildman–Crippen LogP) is 0.432. The van der Waals surface area contributed by atoms with E-state index in [1.54, 1.807) is 14.2 Å². The van der Waals surface area contributed by atoms with Crippen molar-refractivity contribution in [1.82, 2.24) is 10.9 Å². The average molecular weight is 251 g/mol. The highest BCUT2D eigenvalue weighted by atomic mass is 16.5. The fraction of sp³-hybridized carbons (Fsp3) is 0.462. The maximum Gasteiger partial charge on any atom is 0.251 e. The highest BCUT2D eigenvalue weighted by molar-refractivity contribution is 5.81. The van der Waals surface area contributed by atoms with Crippen LogP contribution in [0.15, 0.2) is 12.1 Å². The molecule has 0 saturated carbocycles. The summed E-state index contributed by atoms with van der Waals surface area (Å²) in [5.41, 5.74) is 14.2. The largest absolute Gasteiger partial charge is 0.496 e. The molecule has 18 heavy (non-hydrogen) atoms. The van der Waals surface area contributed by atoms with Crippen molar-refractivity contribution in [3.63, 3.8) is 0 Å². The molecule has 0 heterocycles. The lowest BCUT2D eigenvalue weighted by Gasteiger charge is -2.16. The van der Waals surface area contributed by atoms with Crippen LogP contribution in [0.5, 0.6) is 5.75 Å². The van der Waals surface area contributed by atoms with E-state index in [1.165, 1.54) is 0 Å². The molecule has 5 nitrogen and oxygen atoms in total. The van der Waals surface area contributed by atoms with Crippen molar-refractivity contribution in [3.05, 3.63) is 28.8 Å². The molecular formula is C13H21N3O2. The lowest BCUT2D eigenvalue weighted by Crippen LogP contribution is -2.46. The van der Waals surface area contributed by atoms with Crippen molar-refractivity contribution in [2.75, 3.05) is 14.2 Å². The van der Waals surface area contributed by atoms with Crippen molar-refractivity contribution in [2.24, 2.45) is 5.73 Å². The number of nitrogens with two attached hydrogens (primary N) is 1. The second-order valence-corrected chi connectivity index (χ2v) is 4.23. The number of nitrogens with one attached hydrogen (secondary N) is 2. The van der Waals surface area contributed by atoms with Gasteiger partial charge in [-0.3, -0.25) is 10.2 Å². The zero-order valence-electron chi connectivity index (χ0n) is 11.3. The number of methoxy groups -OCH3 is 1. The van der Waals surface area contributed by atoms with Gasteiger partial charge in [-0.2, -0.15) is 0 Å². The molecule has 5 heteroatoms. The van der Waals surface area contributed by atoms with Crippen molar-refractivity contribution >= 4 is 5.91 Å². The second-order valence-electron chi connectivity index (χ2n) is 4.23. The third kappa shape index (κ3) is 3.21. The molecule has 1 rings (SSSR count). The van der Waals surface area contributed by atoms with E-state index in [-0.39, 0.29) is 5.91 Å². The van der Waals surface area contributed by atoms with E-state index in [9.17, 15) is 4.79 Å². The summed E-state index contributed by atoms with van der Waals surface area (Å²) in [6, 6.07) is 3.29. The molecule has 0 aromatic heterocycles. The maximum absolute atomic E-state index is 11.5. The molecule has 100 valence electrons. The molecule has 4 N–H and O–H groups in total. The van der Waals surface area contributed by atoms with E-state index in [0.29, 0.717) is 6.42 Å². The first-order chi connectivity index (χ1) is 8.51. The Kier molecular flexibility index (Phi) is 5.12. The first-order valence-electron chi connectivity index (χ1n) is 5.86. The monoisotopic (exact) mass is 251 g/mol. The Morgan fingerprint density at radius 2 is 2.06 bits per heavy atom. The Bertz CT molecular complexity index is 432. The summed E-state index contributed by atoms with van der Waals surface area (Å²) < 4.78 is 5.25. The van der Waals surface area contributed by atoms with Crippen LogP contribution in [0.1, 0.15) is 16.7 Å². The molecule has 1 unspecified atom stereocenters. The van der Waals surface area contributed by atoms with Gasteiger partial charge in [0.25, 0.3) is 5.91 Å². The second kappa shape index (κ2) is 6.37. The summed E-state index contributed by atoms with van der Waals surface area (Å²) >= 11 is 0. The smallest absolute Gasteiger partial charge is 0.251 e. The van der Waals surface area contributed by atoms with E-state index in [2.05, 4.69) is 10.9 Å². The molecule has 0 aliphatic carbocycles. The predicted molar refractivity (Wildman–Crippen MR) is 71.3 cm³/mol. The molecule has 0 saturated heterocycles. The quantitative estimate of drug-likeness (QED) is 0.663. The van der Waals surface area contributed by atoms with Gasteiger partial charge in [0.1, 0.15) is 5.75 Å². The first kappa shape index (κ1) is 14.5. The summed E-state index contributed by atoms with van der Waals surface area (Å²) in [6.07, 6.45) is 0.504. The first-order valence-corrected chi connectivity index (χ1v) is 5.86. The Morgan fingerprint density at radius 1 is 1.39 bits per heavy atom. The number of hydrogen-bond donors (Lipinski definition) is 3. The molecule has 0 radical (unpaired) electrons. The van der Waals surface area contributed by atoms with E-state index in [1.807, 2.05) is 26.0 Å². The number of ether oxygens (including phenoxy) is 1. The number of carbonyl (C=O) groups is 1. The fourth-order valence-electron chi connectivity index (χ4n) is 1.84. The minimum atomic E-state index is -0.566. The summed E-state index contributed by atoms with van der Waals surface area (Å²) in [4.78, 5) is 11.5. The Balaban J connectivity index is 2.85. The van der Waals surface area contributed by atoms with Crippen LogP contribution in [0, 0.1) is 13.8 Å². The van der Waals surface area contributed by atoms with E-state index >= 15 is 0 Å². The molecule has 0 aliphatic rings. The molecule has 0 spiro atoms. The van der Waals surface area contributed by atoms with Gasteiger partial charge < -0.3 is 10.5 Å². The van der Waals surface area contributed by atoms with Crippen LogP contribution in [0.2, 0.25) is 0 Å². The van der Waals surface area contributed by atoms with Crippen LogP contribution in [0.4, 0.5) is 0 Å². The van der Waals surface area contributed by atoms with Gasteiger partial charge in [-0.1, -0.05) is 6.07 Å². The van der Waals surface area contributed by atoms with Gasteiger partial charge in [-0.05, 0) is 43.0 Å². The van der Waals surface area contributed by atoms with Gasteiger partial charge in [-0.25, -0.2) is 5.43 Å². The topological polar surface area (TPSA) is 76.4 Å². The summed E-state index contributed by atoms with van der Waals surface area (Å²) in [5, 5.41) is 0. The summed E-state index contributed by atoms with van der Waals surface area (Å²) in [6.45, 7) is 4.01. The van der Waals surface area contributed by atoms with Crippen LogP contribution in [-0.4, -0.2) is 26.1 Å². The third-order valence-electron chi connectivity index (χ3n) is 3.09. The van der Waals surface area contributed by atoms with Crippen molar-refractivity contribution < 1.29 is 9.53 Å². The number of hydrazine groups is 1. The molecule has 0 bridgehead atoms. The standard InChI is InChI=1S/C13H21N3O2/c1-8-9(2)12(18-4)6-5-10(8)7-11(14)13(17)16-15-3/h5-6,11,15H,7,14H2,1-4H3,(H,16,17). The Labute approximate surface area is 108 Å². The van der Waals surface area contributed by atoms with E-state index in [4.69, 9.17) is 10.5 Å². The molecule has 0 fully saturated rings. The van der Waals surface area contributed by atoms with Crippen LogP contribution in [-0.2, 0) is 11.2 Å². The van der Waals surface area contributed by atoms with Crippen LogP contribution in [0.25, 0.3) is 0 Å². The number of carbonyl (C=O) groups excluding carboxylic acids is 1. The van der Waals surface area contributed by atoms with Crippen LogP contribution < -0.4 is 21.3 Å². The van der Waals surface area contributed by atoms with Crippen molar-refractivity contribution in [3.8, 4) is 5.75 Å². The fourth-order valence-corrected chi connectivity index (χ4v) is 1.84. The maximum atomic E-state index is 11.5. The highest BCUT2D eigenvalue weighted by Crippen LogP contribution is 2.24. The van der Waals surface area contributed by atoms with Gasteiger partial charge >= 0.3 is 0 Å². The summed E-state index contributed by atoms with van der Waals surface area (Å²) in [7, 11) is 3.28. The highest BCUT2D eigenvalue weighted by Gasteiger charge is 2.15. The van der Waals surface area contributed by atoms with Crippen molar-refractivity contribution in [2.45, 2.75) is 26.3 Å². The normalized spacial score (nSPS) is 12.1. The zero-order valence-corrected chi connectivity index (χ0v) is 11.3. The van der Waals surface area contributed by atoms with Crippen LogP contribution >= 0.6 is 0 Å². The number of benzene rings is 1. The Morgan fingerprint density at radius 3 is 2.61 bits per heavy atom.